The standard InChI is InChI=1S/C26H31BrN4O8/c1-6-38-19-10-15(23-22(25(33)37-5)14(2)29-26(34)30-23)7-8-18(19)39-13-21(32)31-28-12-16-9-17(27)11-20(35-3)24(16)36-4/h7-12,21,23,31-32H,6,13H2,1-5H3,(H2,29,30,34)/b28-12+/t21-,23-/m0/s1. The summed E-state index contributed by atoms with van der Waals surface area (Å²) in [6.07, 6.45) is 0.327. The summed E-state index contributed by atoms with van der Waals surface area (Å²) in [5, 5.41) is 19.7. The van der Waals surface area contributed by atoms with Crippen LogP contribution in [0.4, 0.5) is 4.79 Å². The van der Waals surface area contributed by atoms with Gasteiger partial charge in [0.1, 0.15) is 6.61 Å². The monoisotopic (exact) mass is 606 g/mol. The van der Waals surface area contributed by atoms with E-state index in [0.717, 1.165) is 4.47 Å². The summed E-state index contributed by atoms with van der Waals surface area (Å²) in [6, 6.07) is 7.34. The average Bonchev–Trinajstić information content (AvgIpc) is 2.91. The SMILES string of the molecule is CCOc1cc([C@@H]2NC(=O)NC(C)=C2C(=O)OC)ccc1OC[C@H](O)N/N=C/c1cc(Br)cc(OC)c1OC. The first-order valence-electron chi connectivity index (χ1n) is 11.9. The van der Waals surface area contributed by atoms with E-state index < -0.39 is 24.3 Å². The summed E-state index contributed by atoms with van der Waals surface area (Å²) in [5.74, 6) is 1.16. The van der Waals surface area contributed by atoms with Crippen LogP contribution >= 0.6 is 15.9 Å². The predicted octanol–water partition coefficient (Wildman–Crippen LogP) is 2.99. The normalized spacial score (nSPS) is 15.8. The molecule has 2 aromatic carbocycles. The van der Waals surface area contributed by atoms with Gasteiger partial charge in [-0.25, -0.2) is 9.59 Å². The second-order valence-corrected chi connectivity index (χ2v) is 9.06. The van der Waals surface area contributed by atoms with Crippen molar-refractivity contribution in [3.8, 4) is 23.0 Å². The second-order valence-electron chi connectivity index (χ2n) is 8.15. The molecule has 0 spiro atoms. The lowest BCUT2D eigenvalue weighted by Crippen LogP contribution is -2.45. The number of carbonyl (C=O) groups is 2. The van der Waals surface area contributed by atoms with Crippen LogP contribution < -0.4 is 35.0 Å². The highest BCUT2D eigenvalue weighted by Gasteiger charge is 2.32. The Morgan fingerprint density at radius 2 is 1.92 bits per heavy atom. The second kappa shape index (κ2) is 13.7. The van der Waals surface area contributed by atoms with Gasteiger partial charge in [-0.1, -0.05) is 22.0 Å². The number of rotatable bonds is 12. The van der Waals surface area contributed by atoms with Gasteiger partial charge in [-0.15, -0.1) is 0 Å². The van der Waals surface area contributed by atoms with E-state index in [-0.39, 0.29) is 12.2 Å². The number of hydrogen-bond acceptors (Lipinski definition) is 10. The third-order valence-electron chi connectivity index (χ3n) is 5.57. The van der Waals surface area contributed by atoms with Crippen LogP contribution in [0.15, 0.2) is 51.2 Å². The summed E-state index contributed by atoms with van der Waals surface area (Å²) in [6.45, 7) is 3.61. The van der Waals surface area contributed by atoms with E-state index in [1.807, 2.05) is 6.92 Å². The molecule has 39 heavy (non-hydrogen) atoms. The van der Waals surface area contributed by atoms with Gasteiger partial charge in [0.25, 0.3) is 0 Å². The Morgan fingerprint density at radius 1 is 1.15 bits per heavy atom. The number of benzene rings is 2. The summed E-state index contributed by atoms with van der Waals surface area (Å²) in [5.41, 5.74) is 4.46. The first kappa shape index (κ1) is 29.6. The largest absolute Gasteiger partial charge is 0.493 e. The maximum atomic E-state index is 12.4. The van der Waals surface area contributed by atoms with E-state index in [9.17, 15) is 14.7 Å². The first-order chi connectivity index (χ1) is 18.7. The van der Waals surface area contributed by atoms with Crippen molar-refractivity contribution in [3.05, 3.63) is 57.2 Å². The van der Waals surface area contributed by atoms with Crippen molar-refractivity contribution in [2.45, 2.75) is 26.1 Å². The zero-order chi connectivity index (χ0) is 28.5. The number of amides is 2. The quantitative estimate of drug-likeness (QED) is 0.124. The minimum absolute atomic E-state index is 0.161. The molecule has 2 atom stereocenters. The molecule has 12 nitrogen and oxygen atoms in total. The van der Waals surface area contributed by atoms with Gasteiger partial charge in [0.2, 0.25) is 0 Å². The van der Waals surface area contributed by atoms with Gasteiger partial charge in [-0.05, 0) is 43.7 Å². The number of nitrogens with one attached hydrogen (secondary N) is 3. The van der Waals surface area contributed by atoms with Gasteiger partial charge in [-0.2, -0.15) is 5.10 Å². The summed E-state index contributed by atoms with van der Waals surface area (Å²) < 4.78 is 27.9. The lowest BCUT2D eigenvalue weighted by molar-refractivity contribution is -0.136. The van der Waals surface area contributed by atoms with Crippen LogP contribution in [0.5, 0.6) is 23.0 Å². The van der Waals surface area contributed by atoms with Crippen molar-refractivity contribution in [2.75, 3.05) is 34.5 Å². The van der Waals surface area contributed by atoms with Crippen molar-refractivity contribution in [3.63, 3.8) is 0 Å². The Morgan fingerprint density at radius 3 is 2.59 bits per heavy atom. The molecule has 210 valence electrons. The number of hydrazone groups is 1. The fraction of sp³-hybridized carbons (Fsp3) is 0.346. The molecular weight excluding hydrogens is 576 g/mol. The van der Waals surface area contributed by atoms with E-state index >= 15 is 0 Å². The third-order valence-corrected chi connectivity index (χ3v) is 6.03. The van der Waals surface area contributed by atoms with E-state index in [2.05, 4.69) is 37.1 Å². The molecule has 0 aromatic heterocycles. The molecule has 1 heterocycles. The molecule has 0 unspecified atom stereocenters. The van der Waals surface area contributed by atoms with Crippen LogP contribution in [0.3, 0.4) is 0 Å². The smallest absolute Gasteiger partial charge is 0.337 e. The highest BCUT2D eigenvalue weighted by atomic mass is 79.9. The number of esters is 1. The maximum Gasteiger partial charge on any atom is 0.337 e. The molecule has 2 aromatic rings. The van der Waals surface area contributed by atoms with Gasteiger partial charge in [-0.3, -0.25) is 5.43 Å². The molecule has 0 radical (unpaired) electrons. The number of aliphatic hydroxyl groups is 1. The molecule has 4 N–H and O–H groups in total. The molecule has 13 heteroatoms. The summed E-state index contributed by atoms with van der Waals surface area (Å²) in [4.78, 5) is 24.5. The summed E-state index contributed by atoms with van der Waals surface area (Å²) >= 11 is 3.41. The highest BCUT2D eigenvalue weighted by Crippen LogP contribution is 2.35. The number of hydrogen-bond donors (Lipinski definition) is 4. The fourth-order valence-electron chi connectivity index (χ4n) is 3.87. The summed E-state index contributed by atoms with van der Waals surface area (Å²) in [7, 11) is 4.33. The first-order valence-corrected chi connectivity index (χ1v) is 12.7. The molecule has 1 aliphatic rings. The van der Waals surface area contributed by atoms with Crippen LogP contribution in [-0.4, -0.2) is 64.1 Å². The number of methoxy groups -OCH3 is 3. The number of urea groups is 1. The van der Waals surface area contributed by atoms with Crippen molar-refractivity contribution >= 4 is 34.1 Å². The molecule has 1 aliphatic heterocycles. The van der Waals surface area contributed by atoms with Crippen LogP contribution in [-0.2, 0) is 9.53 Å². The van der Waals surface area contributed by atoms with Crippen LogP contribution in [0, 0.1) is 0 Å². The number of nitrogens with zero attached hydrogens (tertiary/aromatic N) is 1. The number of allylic oxidation sites excluding steroid dienone is 1. The Balaban J connectivity index is 1.72. The molecule has 0 bridgehead atoms. The van der Waals surface area contributed by atoms with Crippen molar-refractivity contribution in [1.29, 1.82) is 0 Å². The average molecular weight is 607 g/mol. The molecule has 0 saturated heterocycles. The zero-order valence-electron chi connectivity index (χ0n) is 22.2. The van der Waals surface area contributed by atoms with Gasteiger partial charge in [0, 0.05) is 15.7 Å². The number of carbonyl (C=O) groups excluding carboxylic acids is 2. The van der Waals surface area contributed by atoms with E-state index in [1.54, 1.807) is 37.3 Å². The Hall–Kier alpha value is -3.97. The topological polar surface area (TPSA) is 149 Å². The minimum Gasteiger partial charge on any atom is -0.493 e. The number of aliphatic hydroxyl groups excluding tert-OH is 1. The van der Waals surface area contributed by atoms with Crippen molar-refractivity contribution in [1.82, 2.24) is 16.1 Å². The van der Waals surface area contributed by atoms with Crippen molar-refractivity contribution < 1.29 is 38.4 Å². The van der Waals surface area contributed by atoms with Crippen molar-refractivity contribution in [2.24, 2.45) is 5.10 Å². The molecular formula is C26H31BrN4O8. The molecule has 0 aliphatic carbocycles. The van der Waals surface area contributed by atoms with Gasteiger partial charge in [0.15, 0.2) is 29.2 Å². The molecule has 3 rings (SSSR count). The minimum atomic E-state index is -1.16. The van der Waals surface area contributed by atoms with Gasteiger partial charge < -0.3 is 39.4 Å². The Bertz CT molecular complexity index is 1270. The van der Waals surface area contributed by atoms with Gasteiger partial charge in [0.05, 0.1) is 45.8 Å². The zero-order valence-corrected chi connectivity index (χ0v) is 23.7. The van der Waals surface area contributed by atoms with E-state index in [0.29, 0.717) is 46.4 Å². The van der Waals surface area contributed by atoms with Gasteiger partial charge >= 0.3 is 12.0 Å². The Kier molecular flexibility index (Phi) is 10.4. The van der Waals surface area contributed by atoms with Crippen LogP contribution in [0.25, 0.3) is 0 Å². The Labute approximate surface area is 234 Å². The molecule has 2 amide bonds. The van der Waals surface area contributed by atoms with E-state index in [4.69, 9.17) is 23.7 Å². The lowest BCUT2D eigenvalue weighted by Gasteiger charge is -2.28. The third kappa shape index (κ3) is 7.33. The maximum absolute atomic E-state index is 12.4. The molecule has 0 fully saturated rings. The van der Waals surface area contributed by atoms with E-state index in [1.165, 1.54) is 27.5 Å². The number of ether oxygens (including phenoxy) is 5. The fourth-order valence-corrected chi connectivity index (χ4v) is 4.32. The van der Waals surface area contributed by atoms with Crippen LogP contribution in [0.2, 0.25) is 0 Å². The lowest BCUT2D eigenvalue weighted by atomic mass is 9.95. The molecule has 0 saturated carbocycles. The predicted molar refractivity (Wildman–Crippen MR) is 146 cm³/mol. The van der Waals surface area contributed by atoms with Crippen LogP contribution in [0.1, 0.15) is 31.0 Å². The highest BCUT2D eigenvalue weighted by molar-refractivity contribution is 9.10. The number of halogens is 1.